The van der Waals surface area contributed by atoms with Gasteiger partial charge in [0.15, 0.2) is 6.10 Å². The van der Waals surface area contributed by atoms with Crippen LogP contribution in [-0.4, -0.2) is 12.6 Å². The average molecular weight is 217 g/mol. The Morgan fingerprint density at radius 1 is 1.50 bits per heavy atom. The zero-order chi connectivity index (χ0) is 11.8. The summed E-state index contributed by atoms with van der Waals surface area (Å²) in [6, 6.07) is 9.25. The predicted octanol–water partition coefficient (Wildman–Crippen LogP) is 2.50. The maximum absolute atomic E-state index is 11.3. The summed E-state index contributed by atoms with van der Waals surface area (Å²) in [6.07, 6.45) is 5.08. The lowest BCUT2D eigenvalue weighted by Crippen LogP contribution is -2.26. The zero-order valence-electron chi connectivity index (χ0n) is 9.27. The Hall–Kier alpha value is -1.95. The summed E-state index contributed by atoms with van der Waals surface area (Å²) in [7, 11) is 0. The number of terminal acetylenes is 1. The van der Waals surface area contributed by atoms with Crippen molar-refractivity contribution in [2.45, 2.75) is 19.4 Å². The molecule has 16 heavy (non-hydrogen) atoms. The van der Waals surface area contributed by atoms with Crippen LogP contribution in [0.2, 0.25) is 0 Å². The predicted molar refractivity (Wildman–Crippen MR) is 62.8 cm³/mol. The molecule has 1 aromatic rings. The molecule has 1 unspecified atom stereocenters. The monoisotopic (exact) mass is 217 g/mol. The van der Waals surface area contributed by atoms with Gasteiger partial charge in [0, 0.05) is 12.1 Å². The Bertz CT molecular complexity index is 367. The third-order valence-electron chi connectivity index (χ3n) is 2.00. The minimum absolute atomic E-state index is 0.478. The highest BCUT2D eigenvalue weighted by Gasteiger charge is 2.12. The fourth-order valence-corrected chi connectivity index (χ4v) is 1.20. The molecule has 0 bridgehead atoms. The maximum Gasteiger partial charge on any atom is 0.408 e. The number of hydrogen-bond donors (Lipinski definition) is 1. The fraction of sp³-hybridized carbons (Fsp3) is 0.308. The third kappa shape index (κ3) is 3.66. The van der Waals surface area contributed by atoms with Crippen molar-refractivity contribution in [2.75, 3.05) is 6.54 Å². The SMILES string of the molecule is C#CC(OC(=O)NCCC)c1ccccc1. The summed E-state index contributed by atoms with van der Waals surface area (Å²) < 4.78 is 5.10. The number of amides is 1. The van der Waals surface area contributed by atoms with Gasteiger partial charge in [0.25, 0.3) is 0 Å². The molecule has 0 fully saturated rings. The van der Waals surface area contributed by atoms with Crippen molar-refractivity contribution in [1.29, 1.82) is 0 Å². The van der Waals surface area contributed by atoms with Gasteiger partial charge in [0.2, 0.25) is 0 Å². The smallest absolute Gasteiger partial charge is 0.408 e. The van der Waals surface area contributed by atoms with Crippen LogP contribution in [0.3, 0.4) is 0 Å². The molecular formula is C13H15NO2. The Morgan fingerprint density at radius 2 is 2.19 bits per heavy atom. The molecule has 0 heterocycles. The van der Waals surface area contributed by atoms with E-state index in [0.29, 0.717) is 6.54 Å². The van der Waals surface area contributed by atoms with E-state index in [0.717, 1.165) is 12.0 Å². The molecule has 3 heteroatoms. The second kappa shape index (κ2) is 6.52. The lowest BCUT2D eigenvalue weighted by atomic mass is 10.1. The fourth-order valence-electron chi connectivity index (χ4n) is 1.20. The molecule has 1 rings (SSSR count). The lowest BCUT2D eigenvalue weighted by Gasteiger charge is -2.12. The van der Waals surface area contributed by atoms with Crippen LogP contribution in [0, 0.1) is 12.3 Å². The third-order valence-corrected chi connectivity index (χ3v) is 2.00. The summed E-state index contributed by atoms with van der Waals surface area (Å²) in [5.74, 6) is 2.44. The van der Waals surface area contributed by atoms with Crippen molar-refractivity contribution in [3.05, 3.63) is 35.9 Å². The lowest BCUT2D eigenvalue weighted by molar-refractivity contribution is 0.124. The van der Waals surface area contributed by atoms with Gasteiger partial charge in [-0.2, -0.15) is 0 Å². The van der Waals surface area contributed by atoms with Gasteiger partial charge >= 0.3 is 6.09 Å². The van der Waals surface area contributed by atoms with E-state index in [2.05, 4.69) is 11.2 Å². The van der Waals surface area contributed by atoms with Crippen LogP contribution in [0.1, 0.15) is 25.0 Å². The number of carbonyl (C=O) groups excluding carboxylic acids is 1. The van der Waals surface area contributed by atoms with Crippen molar-refractivity contribution in [3.8, 4) is 12.3 Å². The first-order chi connectivity index (χ1) is 7.77. The second-order valence-electron chi connectivity index (χ2n) is 3.29. The minimum atomic E-state index is -0.627. The molecule has 0 spiro atoms. The van der Waals surface area contributed by atoms with E-state index >= 15 is 0 Å². The van der Waals surface area contributed by atoms with Gasteiger partial charge in [0.05, 0.1) is 0 Å². The number of alkyl carbamates (subject to hydrolysis) is 1. The van der Waals surface area contributed by atoms with Crippen molar-refractivity contribution in [1.82, 2.24) is 5.32 Å². The van der Waals surface area contributed by atoms with Crippen LogP contribution in [0.5, 0.6) is 0 Å². The van der Waals surface area contributed by atoms with Crippen molar-refractivity contribution in [3.63, 3.8) is 0 Å². The van der Waals surface area contributed by atoms with E-state index in [1.54, 1.807) is 0 Å². The summed E-state index contributed by atoms with van der Waals surface area (Å²) in [5.41, 5.74) is 0.802. The summed E-state index contributed by atoms with van der Waals surface area (Å²) in [5, 5.41) is 2.61. The molecule has 1 aromatic carbocycles. The van der Waals surface area contributed by atoms with E-state index < -0.39 is 12.2 Å². The Labute approximate surface area is 95.8 Å². The molecule has 0 radical (unpaired) electrons. The first-order valence-corrected chi connectivity index (χ1v) is 5.23. The van der Waals surface area contributed by atoms with Gasteiger partial charge in [-0.15, -0.1) is 6.42 Å². The quantitative estimate of drug-likeness (QED) is 0.787. The first-order valence-electron chi connectivity index (χ1n) is 5.23. The van der Waals surface area contributed by atoms with Crippen LogP contribution in [0.4, 0.5) is 4.79 Å². The molecule has 0 aromatic heterocycles. The van der Waals surface area contributed by atoms with Gasteiger partial charge in [-0.1, -0.05) is 43.2 Å². The molecular weight excluding hydrogens is 202 g/mol. The largest absolute Gasteiger partial charge is 0.428 e. The van der Waals surface area contributed by atoms with Gasteiger partial charge in [-0.05, 0) is 6.42 Å². The van der Waals surface area contributed by atoms with E-state index in [9.17, 15) is 4.79 Å². The van der Waals surface area contributed by atoms with Crippen LogP contribution in [0.25, 0.3) is 0 Å². The van der Waals surface area contributed by atoms with Gasteiger partial charge in [-0.3, -0.25) is 0 Å². The molecule has 1 amide bonds. The van der Waals surface area contributed by atoms with Crippen LogP contribution >= 0.6 is 0 Å². The maximum atomic E-state index is 11.3. The topological polar surface area (TPSA) is 38.3 Å². The van der Waals surface area contributed by atoms with Gasteiger partial charge in [0.1, 0.15) is 0 Å². The molecule has 0 aliphatic rings. The highest BCUT2D eigenvalue weighted by Crippen LogP contribution is 2.15. The van der Waals surface area contributed by atoms with Gasteiger partial charge in [-0.25, -0.2) is 4.79 Å². The number of carbonyl (C=O) groups is 1. The molecule has 1 atom stereocenters. The van der Waals surface area contributed by atoms with Crippen molar-refractivity contribution >= 4 is 6.09 Å². The highest BCUT2D eigenvalue weighted by atomic mass is 16.6. The average Bonchev–Trinajstić information content (AvgIpc) is 2.34. The molecule has 0 saturated carbocycles. The number of hydrogen-bond acceptors (Lipinski definition) is 2. The van der Waals surface area contributed by atoms with Crippen LogP contribution in [0.15, 0.2) is 30.3 Å². The van der Waals surface area contributed by atoms with E-state index in [4.69, 9.17) is 11.2 Å². The van der Waals surface area contributed by atoms with E-state index in [1.807, 2.05) is 37.3 Å². The molecule has 0 saturated heterocycles. The number of rotatable bonds is 4. The first kappa shape index (κ1) is 12.1. The van der Waals surface area contributed by atoms with Crippen molar-refractivity contribution < 1.29 is 9.53 Å². The Kier molecular flexibility index (Phi) is 4.94. The minimum Gasteiger partial charge on any atom is -0.428 e. The highest BCUT2D eigenvalue weighted by molar-refractivity contribution is 5.67. The number of ether oxygens (including phenoxy) is 1. The van der Waals surface area contributed by atoms with E-state index in [-0.39, 0.29) is 0 Å². The van der Waals surface area contributed by atoms with Gasteiger partial charge < -0.3 is 10.1 Å². The molecule has 0 aliphatic heterocycles. The van der Waals surface area contributed by atoms with Crippen LogP contribution in [-0.2, 0) is 4.74 Å². The number of benzene rings is 1. The summed E-state index contributed by atoms with van der Waals surface area (Å²) in [6.45, 7) is 2.56. The number of nitrogens with one attached hydrogen (secondary N) is 1. The standard InChI is InChI=1S/C13H15NO2/c1-3-10-14-13(15)16-12(4-2)11-8-6-5-7-9-11/h2,5-9,12H,3,10H2,1H3,(H,14,15). The summed E-state index contributed by atoms with van der Waals surface area (Å²) >= 11 is 0. The Balaban J connectivity index is 2.57. The molecule has 0 aliphatic carbocycles. The second-order valence-corrected chi connectivity index (χ2v) is 3.29. The van der Waals surface area contributed by atoms with Crippen LogP contribution < -0.4 is 5.32 Å². The molecule has 3 nitrogen and oxygen atoms in total. The zero-order valence-corrected chi connectivity index (χ0v) is 9.27. The molecule has 84 valence electrons. The summed E-state index contributed by atoms with van der Waals surface area (Å²) in [4.78, 5) is 11.3. The normalized spacial score (nSPS) is 11.2. The van der Waals surface area contributed by atoms with E-state index in [1.165, 1.54) is 0 Å². The van der Waals surface area contributed by atoms with Crippen molar-refractivity contribution in [2.24, 2.45) is 0 Å². The Morgan fingerprint density at radius 3 is 2.75 bits per heavy atom. The molecule has 1 N–H and O–H groups in total.